The normalized spacial score (nSPS) is 12.9. The van der Waals surface area contributed by atoms with Crippen molar-refractivity contribution in [3.05, 3.63) is 29.8 Å². The summed E-state index contributed by atoms with van der Waals surface area (Å²) in [6.45, 7) is -0.225. The average molecular weight is 184 g/mol. The summed E-state index contributed by atoms with van der Waals surface area (Å²) in [7, 11) is 0. The minimum Gasteiger partial charge on any atom is -0.393 e. The number of rotatable bonds is 3. The molecular weight excluding hydrogens is 172 g/mol. The van der Waals surface area contributed by atoms with Gasteiger partial charge in [0.1, 0.15) is 6.10 Å². The molecule has 1 atom stereocenters. The van der Waals surface area contributed by atoms with Crippen molar-refractivity contribution in [3.63, 3.8) is 0 Å². The van der Waals surface area contributed by atoms with Crippen molar-refractivity contribution in [2.45, 2.75) is 11.0 Å². The third-order valence-electron chi connectivity index (χ3n) is 1.67. The first-order valence-electron chi connectivity index (χ1n) is 3.71. The molecule has 1 aromatic carbocycles. The van der Waals surface area contributed by atoms with Crippen LogP contribution in [0.15, 0.2) is 29.2 Å². The van der Waals surface area contributed by atoms with Gasteiger partial charge in [0.05, 0.1) is 6.61 Å². The molecule has 1 aromatic rings. The molecule has 0 spiro atoms. The van der Waals surface area contributed by atoms with Gasteiger partial charge in [0.25, 0.3) is 0 Å². The van der Waals surface area contributed by atoms with Crippen LogP contribution in [0.25, 0.3) is 0 Å². The lowest BCUT2D eigenvalue weighted by molar-refractivity contribution is 0.0936. The quantitative estimate of drug-likeness (QED) is 0.698. The molecule has 0 saturated carbocycles. The van der Waals surface area contributed by atoms with Crippen LogP contribution in [0.1, 0.15) is 11.7 Å². The molecule has 0 aromatic heterocycles. The molecule has 3 heteroatoms. The number of aliphatic hydroxyl groups is 2. The molecule has 0 amide bonds. The molecule has 0 aliphatic carbocycles. The van der Waals surface area contributed by atoms with Crippen LogP contribution in [-0.4, -0.2) is 23.1 Å². The Balaban J connectivity index is 2.96. The van der Waals surface area contributed by atoms with Crippen LogP contribution in [-0.2, 0) is 0 Å². The van der Waals surface area contributed by atoms with Crippen molar-refractivity contribution < 1.29 is 10.2 Å². The Labute approximate surface area is 76.2 Å². The zero-order valence-corrected chi connectivity index (χ0v) is 7.71. The lowest BCUT2D eigenvalue weighted by Crippen LogP contribution is -2.03. The van der Waals surface area contributed by atoms with Crippen LogP contribution in [0, 0.1) is 0 Å². The smallest absolute Gasteiger partial charge is 0.103 e. The zero-order valence-electron chi connectivity index (χ0n) is 6.90. The van der Waals surface area contributed by atoms with Crippen LogP contribution in [0.3, 0.4) is 0 Å². The summed E-state index contributed by atoms with van der Waals surface area (Å²) in [6, 6.07) is 7.53. The van der Waals surface area contributed by atoms with E-state index < -0.39 is 6.10 Å². The molecule has 12 heavy (non-hydrogen) atoms. The van der Waals surface area contributed by atoms with E-state index in [0.717, 1.165) is 10.5 Å². The van der Waals surface area contributed by atoms with Gasteiger partial charge in [-0.2, -0.15) is 0 Å². The molecule has 66 valence electrons. The van der Waals surface area contributed by atoms with Crippen LogP contribution in [0.4, 0.5) is 0 Å². The first-order chi connectivity index (χ1) is 5.79. The van der Waals surface area contributed by atoms with Gasteiger partial charge in [-0.25, -0.2) is 0 Å². The second-order valence-electron chi connectivity index (χ2n) is 2.44. The predicted molar refractivity (Wildman–Crippen MR) is 50.3 cm³/mol. The molecule has 0 radical (unpaired) electrons. The van der Waals surface area contributed by atoms with Gasteiger partial charge < -0.3 is 10.2 Å². The highest BCUT2D eigenvalue weighted by Gasteiger charge is 2.09. The summed E-state index contributed by atoms with van der Waals surface area (Å²) in [5.74, 6) is 0. The minimum atomic E-state index is -0.756. The van der Waals surface area contributed by atoms with E-state index >= 15 is 0 Å². The highest BCUT2D eigenvalue weighted by atomic mass is 32.2. The molecule has 0 aliphatic rings. The predicted octanol–water partition coefficient (Wildman–Crippen LogP) is 1.43. The van der Waals surface area contributed by atoms with Crippen molar-refractivity contribution in [1.82, 2.24) is 0 Å². The van der Waals surface area contributed by atoms with Crippen molar-refractivity contribution in [3.8, 4) is 0 Å². The maximum absolute atomic E-state index is 9.38. The maximum Gasteiger partial charge on any atom is 0.103 e. The minimum absolute atomic E-state index is 0.225. The van der Waals surface area contributed by atoms with Crippen LogP contribution >= 0.6 is 11.8 Å². The first-order valence-corrected chi connectivity index (χ1v) is 4.94. The standard InChI is InChI=1S/C9H12O2S/c1-12-9-5-3-2-4-7(9)8(11)6-10/h2-5,8,10-11H,6H2,1H3. The molecule has 0 saturated heterocycles. The second kappa shape index (κ2) is 4.50. The van der Waals surface area contributed by atoms with Crippen molar-refractivity contribution in [2.24, 2.45) is 0 Å². The SMILES string of the molecule is CSc1ccccc1C(O)CO. The fourth-order valence-electron chi connectivity index (χ4n) is 1.04. The van der Waals surface area contributed by atoms with E-state index in [-0.39, 0.29) is 6.61 Å². The van der Waals surface area contributed by atoms with E-state index in [1.165, 1.54) is 0 Å². The molecule has 0 aliphatic heterocycles. The summed E-state index contributed by atoms with van der Waals surface area (Å²) in [6.07, 6.45) is 1.19. The van der Waals surface area contributed by atoms with Gasteiger partial charge in [0, 0.05) is 4.90 Å². The Morgan fingerprint density at radius 1 is 1.42 bits per heavy atom. The molecule has 2 N–H and O–H groups in total. The average Bonchev–Trinajstić information content (AvgIpc) is 2.16. The molecule has 0 fully saturated rings. The van der Waals surface area contributed by atoms with Gasteiger partial charge in [-0.3, -0.25) is 0 Å². The Bertz CT molecular complexity index is 250. The van der Waals surface area contributed by atoms with E-state index in [9.17, 15) is 5.11 Å². The lowest BCUT2D eigenvalue weighted by atomic mass is 10.1. The Hall–Kier alpha value is -0.510. The van der Waals surface area contributed by atoms with Crippen LogP contribution < -0.4 is 0 Å². The number of thioether (sulfide) groups is 1. The van der Waals surface area contributed by atoms with E-state index in [1.54, 1.807) is 11.8 Å². The fraction of sp³-hybridized carbons (Fsp3) is 0.333. The highest BCUT2D eigenvalue weighted by Crippen LogP contribution is 2.24. The van der Waals surface area contributed by atoms with Gasteiger partial charge in [0.15, 0.2) is 0 Å². The van der Waals surface area contributed by atoms with Crippen LogP contribution in [0.5, 0.6) is 0 Å². The number of benzene rings is 1. The summed E-state index contributed by atoms with van der Waals surface area (Å²) < 4.78 is 0. The number of hydrogen-bond acceptors (Lipinski definition) is 3. The van der Waals surface area contributed by atoms with Crippen molar-refractivity contribution >= 4 is 11.8 Å². The lowest BCUT2D eigenvalue weighted by Gasteiger charge is -2.10. The third kappa shape index (κ3) is 2.00. The number of hydrogen-bond donors (Lipinski definition) is 2. The van der Waals surface area contributed by atoms with E-state index in [0.29, 0.717) is 0 Å². The summed E-state index contributed by atoms with van der Waals surface area (Å²) in [4.78, 5) is 1.01. The van der Waals surface area contributed by atoms with Crippen molar-refractivity contribution in [2.75, 3.05) is 12.9 Å². The third-order valence-corrected chi connectivity index (χ3v) is 2.48. The van der Waals surface area contributed by atoms with Gasteiger partial charge >= 0.3 is 0 Å². The summed E-state index contributed by atoms with van der Waals surface area (Å²) in [5.41, 5.74) is 0.799. The van der Waals surface area contributed by atoms with Crippen molar-refractivity contribution in [1.29, 1.82) is 0 Å². The summed E-state index contributed by atoms with van der Waals surface area (Å²) >= 11 is 1.57. The molecule has 1 unspecified atom stereocenters. The van der Waals surface area contributed by atoms with E-state index in [2.05, 4.69) is 0 Å². The van der Waals surface area contributed by atoms with E-state index in [4.69, 9.17) is 5.11 Å². The highest BCUT2D eigenvalue weighted by molar-refractivity contribution is 7.98. The topological polar surface area (TPSA) is 40.5 Å². The van der Waals surface area contributed by atoms with Gasteiger partial charge in [-0.05, 0) is 17.9 Å². The second-order valence-corrected chi connectivity index (χ2v) is 3.29. The number of aliphatic hydroxyl groups excluding tert-OH is 2. The Morgan fingerprint density at radius 2 is 2.08 bits per heavy atom. The monoisotopic (exact) mass is 184 g/mol. The van der Waals surface area contributed by atoms with Crippen LogP contribution in [0.2, 0.25) is 0 Å². The molecule has 0 bridgehead atoms. The zero-order chi connectivity index (χ0) is 8.97. The molecule has 2 nitrogen and oxygen atoms in total. The molecule has 1 rings (SSSR count). The van der Waals surface area contributed by atoms with Gasteiger partial charge in [-0.15, -0.1) is 11.8 Å². The van der Waals surface area contributed by atoms with Gasteiger partial charge in [0.2, 0.25) is 0 Å². The van der Waals surface area contributed by atoms with Gasteiger partial charge in [-0.1, -0.05) is 18.2 Å². The maximum atomic E-state index is 9.38. The van der Waals surface area contributed by atoms with E-state index in [1.807, 2.05) is 30.5 Å². The Kier molecular flexibility index (Phi) is 3.59. The molecular formula is C9H12O2S. The largest absolute Gasteiger partial charge is 0.393 e. The Morgan fingerprint density at radius 3 is 2.67 bits per heavy atom. The molecule has 0 heterocycles. The summed E-state index contributed by atoms with van der Waals surface area (Å²) in [5, 5.41) is 18.1. The fourth-order valence-corrected chi connectivity index (χ4v) is 1.69. The first kappa shape index (κ1) is 9.58.